The van der Waals surface area contributed by atoms with Crippen molar-refractivity contribution >= 4 is 5.97 Å². The molecule has 1 rings (SSSR count). The quantitative estimate of drug-likeness (QED) is 0.531. The Labute approximate surface area is 104 Å². The monoisotopic (exact) mass is 234 g/mol. The first-order valence-corrected chi connectivity index (χ1v) is 6.37. The molecular formula is C15H22O2. The maximum absolute atomic E-state index is 10.5. The second-order valence-corrected chi connectivity index (χ2v) is 4.49. The second kappa shape index (κ2) is 7.88. The summed E-state index contributed by atoms with van der Waals surface area (Å²) < 4.78 is 4.88. The minimum atomic E-state index is -0.176. The van der Waals surface area contributed by atoms with Crippen LogP contribution in [0.5, 0.6) is 0 Å². The highest BCUT2D eigenvalue weighted by Crippen LogP contribution is 2.09. The van der Waals surface area contributed by atoms with Gasteiger partial charge in [-0.05, 0) is 31.7 Å². The maximum Gasteiger partial charge on any atom is 0.302 e. The molecule has 0 unspecified atom stereocenters. The molecule has 0 bridgehead atoms. The molecule has 2 heteroatoms. The van der Waals surface area contributed by atoms with Crippen molar-refractivity contribution in [1.29, 1.82) is 0 Å². The number of unbranched alkanes of at least 4 members (excludes halogenated alkanes) is 3. The normalized spacial score (nSPS) is 10.2. The van der Waals surface area contributed by atoms with Gasteiger partial charge in [-0.25, -0.2) is 0 Å². The summed E-state index contributed by atoms with van der Waals surface area (Å²) in [6.07, 6.45) is 5.68. The Kier molecular flexibility index (Phi) is 6.38. The smallest absolute Gasteiger partial charge is 0.302 e. The molecule has 2 nitrogen and oxygen atoms in total. The highest BCUT2D eigenvalue weighted by atomic mass is 16.5. The van der Waals surface area contributed by atoms with Gasteiger partial charge >= 0.3 is 5.97 Å². The first-order valence-electron chi connectivity index (χ1n) is 6.37. The molecule has 0 saturated carbocycles. The number of benzene rings is 1. The van der Waals surface area contributed by atoms with Crippen molar-refractivity contribution in [3.8, 4) is 0 Å². The van der Waals surface area contributed by atoms with Gasteiger partial charge in [0.1, 0.15) is 0 Å². The Hall–Kier alpha value is -1.31. The van der Waals surface area contributed by atoms with Crippen molar-refractivity contribution in [2.24, 2.45) is 0 Å². The minimum absolute atomic E-state index is 0.176. The molecule has 0 fully saturated rings. The zero-order valence-corrected chi connectivity index (χ0v) is 10.9. The third-order valence-corrected chi connectivity index (χ3v) is 2.79. The van der Waals surface area contributed by atoms with Crippen LogP contribution in [0.1, 0.15) is 43.7 Å². The Morgan fingerprint density at radius 3 is 2.35 bits per heavy atom. The third kappa shape index (κ3) is 6.77. The van der Waals surface area contributed by atoms with E-state index in [0.717, 1.165) is 19.3 Å². The SMILES string of the molecule is CC(=O)OCCCCCCc1ccc(C)cc1. The van der Waals surface area contributed by atoms with Crippen LogP contribution in [0.2, 0.25) is 0 Å². The molecule has 0 spiro atoms. The predicted molar refractivity (Wildman–Crippen MR) is 70.0 cm³/mol. The highest BCUT2D eigenvalue weighted by molar-refractivity contribution is 5.65. The van der Waals surface area contributed by atoms with E-state index >= 15 is 0 Å². The van der Waals surface area contributed by atoms with Gasteiger partial charge in [-0.15, -0.1) is 0 Å². The van der Waals surface area contributed by atoms with Crippen LogP contribution < -0.4 is 0 Å². The fourth-order valence-electron chi connectivity index (χ4n) is 1.76. The average molecular weight is 234 g/mol. The average Bonchev–Trinajstić information content (AvgIpc) is 2.30. The molecule has 0 N–H and O–H groups in total. The second-order valence-electron chi connectivity index (χ2n) is 4.49. The van der Waals surface area contributed by atoms with Crippen LogP contribution in [0.3, 0.4) is 0 Å². The first kappa shape index (κ1) is 13.8. The van der Waals surface area contributed by atoms with Crippen LogP contribution in [0.15, 0.2) is 24.3 Å². The van der Waals surface area contributed by atoms with Gasteiger partial charge in [-0.1, -0.05) is 42.7 Å². The Morgan fingerprint density at radius 1 is 1.06 bits per heavy atom. The largest absolute Gasteiger partial charge is 0.466 e. The van der Waals surface area contributed by atoms with Crippen molar-refractivity contribution in [2.75, 3.05) is 6.61 Å². The Balaban J connectivity index is 2.01. The molecule has 0 aliphatic heterocycles. The maximum atomic E-state index is 10.5. The molecule has 94 valence electrons. The van der Waals surface area contributed by atoms with E-state index in [2.05, 4.69) is 31.2 Å². The molecule has 0 aliphatic rings. The standard InChI is InChI=1S/C15H22O2/c1-13-8-10-15(11-9-13)7-5-3-4-6-12-17-14(2)16/h8-11H,3-7,12H2,1-2H3. The van der Waals surface area contributed by atoms with Crippen LogP contribution >= 0.6 is 0 Å². The van der Waals surface area contributed by atoms with Gasteiger partial charge in [-0.2, -0.15) is 0 Å². The van der Waals surface area contributed by atoms with E-state index in [0.29, 0.717) is 6.61 Å². The van der Waals surface area contributed by atoms with E-state index in [1.807, 2.05) is 0 Å². The molecule has 0 amide bonds. The number of esters is 1. The molecule has 0 heterocycles. The number of rotatable bonds is 7. The van der Waals surface area contributed by atoms with Crippen molar-refractivity contribution in [2.45, 2.75) is 46.0 Å². The summed E-state index contributed by atoms with van der Waals surface area (Å²) in [5.41, 5.74) is 2.73. The summed E-state index contributed by atoms with van der Waals surface area (Å²) in [7, 11) is 0. The van der Waals surface area contributed by atoms with Gasteiger partial charge in [0, 0.05) is 6.92 Å². The summed E-state index contributed by atoms with van der Waals surface area (Å²) in [5.74, 6) is -0.176. The van der Waals surface area contributed by atoms with Crippen LogP contribution in [0, 0.1) is 6.92 Å². The summed E-state index contributed by atoms with van der Waals surface area (Å²) in [6, 6.07) is 8.73. The number of hydrogen-bond donors (Lipinski definition) is 0. The van der Waals surface area contributed by atoms with E-state index in [-0.39, 0.29) is 5.97 Å². The molecule has 0 atom stereocenters. The van der Waals surface area contributed by atoms with Crippen molar-refractivity contribution < 1.29 is 9.53 Å². The van der Waals surface area contributed by atoms with Gasteiger partial charge in [0.25, 0.3) is 0 Å². The first-order chi connectivity index (χ1) is 8.18. The van der Waals surface area contributed by atoms with Crippen molar-refractivity contribution in [3.63, 3.8) is 0 Å². The predicted octanol–water partition coefficient (Wildman–Crippen LogP) is 3.66. The molecule has 1 aromatic carbocycles. The van der Waals surface area contributed by atoms with Crippen molar-refractivity contribution in [3.05, 3.63) is 35.4 Å². The van der Waals surface area contributed by atoms with Gasteiger partial charge in [0.15, 0.2) is 0 Å². The Bertz CT molecular complexity index is 327. The lowest BCUT2D eigenvalue weighted by Crippen LogP contribution is -2.00. The molecule has 1 aromatic rings. The molecule has 0 saturated heterocycles. The van der Waals surface area contributed by atoms with E-state index in [1.54, 1.807) is 0 Å². The molecular weight excluding hydrogens is 212 g/mol. The van der Waals surface area contributed by atoms with E-state index < -0.39 is 0 Å². The molecule has 0 aromatic heterocycles. The zero-order valence-electron chi connectivity index (χ0n) is 10.9. The van der Waals surface area contributed by atoms with Gasteiger partial charge in [0.2, 0.25) is 0 Å². The number of hydrogen-bond acceptors (Lipinski definition) is 2. The minimum Gasteiger partial charge on any atom is -0.466 e. The topological polar surface area (TPSA) is 26.3 Å². The van der Waals surface area contributed by atoms with Crippen LogP contribution in [0.25, 0.3) is 0 Å². The van der Waals surface area contributed by atoms with Crippen LogP contribution in [-0.4, -0.2) is 12.6 Å². The van der Waals surface area contributed by atoms with E-state index in [9.17, 15) is 4.79 Å². The number of carbonyl (C=O) groups is 1. The Morgan fingerprint density at radius 2 is 1.71 bits per heavy atom. The number of ether oxygens (including phenoxy) is 1. The summed E-state index contributed by atoms with van der Waals surface area (Å²) >= 11 is 0. The lowest BCUT2D eigenvalue weighted by molar-refractivity contribution is -0.141. The van der Waals surface area contributed by atoms with Crippen LogP contribution in [0.4, 0.5) is 0 Å². The molecule has 0 radical (unpaired) electrons. The summed E-state index contributed by atoms with van der Waals surface area (Å²) in [5, 5.41) is 0. The number of carbonyl (C=O) groups excluding carboxylic acids is 1. The third-order valence-electron chi connectivity index (χ3n) is 2.79. The fourth-order valence-corrected chi connectivity index (χ4v) is 1.76. The van der Waals surface area contributed by atoms with Gasteiger partial charge in [-0.3, -0.25) is 4.79 Å². The highest BCUT2D eigenvalue weighted by Gasteiger charge is 1.95. The van der Waals surface area contributed by atoms with E-state index in [1.165, 1.54) is 30.9 Å². The lowest BCUT2D eigenvalue weighted by atomic mass is 10.1. The number of aryl methyl sites for hydroxylation is 2. The summed E-state index contributed by atoms with van der Waals surface area (Å²) in [6.45, 7) is 4.13. The van der Waals surface area contributed by atoms with Gasteiger partial charge in [0.05, 0.1) is 6.61 Å². The van der Waals surface area contributed by atoms with E-state index in [4.69, 9.17) is 4.74 Å². The fraction of sp³-hybridized carbons (Fsp3) is 0.533. The van der Waals surface area contributed by atoms with Gasteiger partial charge < -0.3 is 4.74 Å². The summed E-state index contributed by atoms with van der Waals surface area (Å²) in [4.78, 5) is 10.5. The molecule has 17 heavy (non-hydrogen) atoms. The lowest BCUT2D eigenvalue weighted by Gasteiger charge is -2.03. The van der Waals surface area contributed by atoms with Crippen molar-refractivity contribution in [1.82, 2.24) is 0 Å². The zero-order chi connectivity index (χ0) is 12.5. The molecule has 0 aliphatic carbocycles. The van der Waals surface area contributed by atoms with Crippen LogP contribution in [-0.2, 0) is 16.0 Å².